The van der Waals surface area contributed by atoms with Gasteiger partial charge in [0, 0.05) is 0 Å². The van der Waals surface area contributed by atoms with E-state index in [1.54, 1.807) is 0 Å². The van der Waals surface area contributed by atoms with Gasteiger partial charge in [-0.1, -0.05) is 101 Å². The Labute approximate surface area is 123 Å². The molecule has 0 bridgehead atoms. The van der Waals surface area contributed by atoms with E-state index in [9.17, 15) is 0 Å². The molecule has 0 rings (SSSR count). The third-order valence-corrected chi connectivity index (χ3v) is 20.4. The second-order valence-corrected chi connectivity index (χ2v) is 33.6. The largest absolute Gasteiger partial charge is 0.319 e. The van der Waals surface area contributed by atoms with Crippen LogP contribution in [-0.4, -0.2) is 18.7 Å². The molecular formula is C4H11I4NSi2. The molecule has 0 aliphatic heterocycles. The SMILES string of the molecule is CCCCN([SiH](I)I)[SiH](I)I. The van der Waals surface area contributed by atoms with Gasteiger partial charge in [-0.25, -0.2) is 0 Å². The summed E-state index contributed by atoms with van der Waals surface area (Å²) in [6.07, 6.45) is 2.71. The molecule has 0 saturated heterocycles. The van der Waals surface area contributed by atoms with Crippen molar-refractivity contribution in [1.29, 1.82) is 0 Å². The van der Waals surface area contributed by atoms with E-state index in [-0.39, 0.29) is 0 Å². The van der Waals surface area contributed by atoms with E-state index in [0.29, 0.717) is 0 Å². The molecule has 0 aromatic carbocycles. The molecule has 0 atom stereocenters. The Balaban J connectivity index is 3.70. The van der Waals surface area contributed by atoms with Crippen LogP contribution in [0, 0.1) is 0 Å². The van der Waals surface area contributed by atoms with Crippen molar-refractivity contribution in [1.82, 2.24) is 4.23 Å². The molecule has 7 heteroatoms. The minimum atomic E-state index is -0.555. The highest BCUT2D eigenvalue weighted by Gasteiger charge is 2.19. The van der Waals surface area contributed by atoms with Crippen LogP contribution in [0.2, 0.25) is 0 Å². The summed E-state index contributed by atoms with van der Waals surface area (Å²) in [5, 5.41) is 0. The lowest BCUT2D eigenvalue weighted by atomic mass is 10.3. The maximum atomic E-state index is 2.77. The fourth-order valence-electron chi connectivity index (χ4n) is 0.621. The summed E-state index contributed by atoms with van der Waals surface area (Å²) < 4.78 is 1.66. The number of hydrogen-bond acceptors (Lipinski definition) is 1. The summed E-state index contributed by atoms with van der Waals surface area (Å²) >= 11 is 10.5. The molecule has 0 aliphatic rings. The van der Waals surface area contributed by atoms with Gasteiger partial charge in [-0.3, -0.25) is 0 Å². The fourth-order valence-corrected chi connectivity index (χ4v) is 39.1. The van der Waals surface area contributed by atoms with Gasteiger partial charge in [0.2, 0.25) is 7.90 Å². The van der Waals surface area contributed by atoms with E-state index in [0.717, 1.165) is 0 Å². The number of unbranched alkanes of at least 4 members (excludes halogenated alkanes) is 1. The van der Waals surface area contributed by atoms with Crippen LogP contribution < -0.4 is 0 Å². The summed E-state index contributed by atoms with van der Waals surface area (Å²) in [5.41, 5.74) is 0. The molecule has 1 nitrogen and oxygen atoms in total. The highest BCUT2D eigenvalue weighted by atomic mass is 127. The van der Waals surface area contributed by atoms with Crippen molar-refractivity contribution in [3.63, 3.8) is 0 Å². The predicted octanol–water partition coefficient (Wildman–Crippen LogP) is 3.26. The van der Waals surface area contributed by atoms with E-state index in [1.807, 2.05) is 0 Å². The van der Waals surface area contributed by atoms with Crippen molar-refractivity contribution in [3.8, 4) is 0 Å². The van der Waals surface area contributed by atoms with Gasteiger partial charge in [0.25, 0.3) is 0 Å². The Morgan fingerprint density at radius 3 is 1.82 bits per heavy atom. The van der Waals surface area contributed by atoms with Crippen LogP contribution in [0.4, 0.5) is 0 Å². The summed E-state index contributed by atoms with van der Waals surface area (Å²) in [6, 6.07) is 0. The zero-order valence-electron chi connectivity index (χ0n) is 6.24. The van der Waals surface area contributed by atoms with Gasteiger partial charge >= 0.3 is 0 Å². The van der Waals surface area contributed by atoms with Gasteiger partial charge < -0.3 is 4.23 Å². The van der Waals surface area contributed by atoms with Gasteiger partial charge in [0.15, 0.2) is 0 Å². The van der Waals surface area contributed by atoms with Crippen LogP contribution in [0.15, 0.2) is 0 Å². The second kappa shape index (κ2) is 8.61. The number of hydrogen-bond donors (Lipinski definition) is 0. The Kier molecular flexibility index (Phi) is 11.2. The van der Waals surface area contributed by atoms with Crippen LogP contribution >= 0.6 is 87.2 Å². The molecule has 0 amide bonds. The number of nitrogens with zero attached hydrogens (tertiary/aromatic N) is 1. The minimum absolute atomic E-state index is 0.555. The molecule has 0 fully saturated rings. The molecule has 68 valence electrons. The summed E-state index contributed by atoms with van der Waals surface area (Å²) in [4.78, 5) is 0. The Morgan fingerprint density at radius 1 is 1.09 bits per heavy atom. The average Bonchev–Trinajstić information content (AvgIpc) is 1.87. The quantitative estimate of drug-likeness (QED) is 0.255. The molecule has 0 radical (unpaired) electrons. The molecule has 0 aromatic heterocycles. The summed E-state index contributed by atoms with van der Waals surface area (Å²) in [5.74, 6) is 0. The monoisotopic (exact) mass is 637 g/mol. The van der Waals surface area contributed by atoms with Crippen LogP contribution in [0.25, 0.3) is 0 Å². The van der Waals surface area contributed by atoms with Gasteiger partial charge in [0.05, 0.1) is 0 Å². The van der Waals surface area contributed by atoms with Crippen LogP contribution in [0.1, 0.15) is 19.8 Å². The first kappa shape index (κ1) is 14.3. The Morgan fingerprint density at radius 2 is 1.55 bits per heavy atom. The van der Waals surface area contributed by atoms with Crippen molar-refractivity contribution in [2.45, 2.75) is 19.8 Å². The first-order valence-electron chi connectivity index (χ1n) is 3.41. The first-order valence-corrected chi connectivity index (χ1v) is 21.1. The van der Waals surface area contributed by atoms with Crippen molar-refractivity contribution in [2.24, 2.45) is 0 Å². The highest BCUT2D eigenvalue weighted by Crippen LogP contribution is 2.20. The summed E-state index contributed by atoms with van der Waals surface area (Å²) in [7, 11) is 0. The minimum Gasteiger partial charge on any atom is -0.319 e. The predicted molar refractivity (Wildman–Crippen MR) is 92.0 cm³/mol. The smallest absolute Gasteiger partial charge is 0.242 e. The molecular weight excluding hydrogens is 626 g/mol. The number of halogens is 4. The van der Waals surface area contributed by atoms with Crippen LogP contribution in [0.3, 0.4) is 0 Å². The van der Waals surface area contributed by atoms with E-state index >= 15 is 0 Å². The lowest BCUT2D eigenvalue weighted by Gasteiger charge is -2.23. The third-order valence-electron chi connectivity index (χ3n) is 1.27. The lowest BCUT2D eigenvalue weighted by molar-refractivity contribution is 0.630. The van der Waals surface area contributed by atoms with E-state index in [1.165, 1.54) is 19.4 Å². The second-order valence-electron chi connectivity index (χ2n) is 2.15. The fraction of sp³-hybridized carbons (Fsp3) is 1.00. The van der Waals surface area contributed by atoms with E-state index < -0.39 is 7.90 Å². The van der Waals surface area contributed by atoms with Crippen LogP contribution in [0.5, 0.6) is 0 Å². The molecule has 0 aromatic rings. The first-order chi connectivity index (χ1) is 5.09. The molecule has 11 heavy (non-hydrogen) atoms. The van der Waals surface area contributed by atoms with Crippen molar-refractivity contribution < 1.29 is 0 Å². The van der Waals surface area contributed by atoms with Gasteiger partial charge in [-0.2, -0.15) is 0 Å². The topological polar surface area (TPSA) is 3.24 Å². The van der Waals surface area contributed by atoms with Crippen molar-refractivity contribution in [2.75, 3.05) is 6.54 Å². The highest BCUT2D eigenvalue weighted by molar-refractivity contribution is 14.3. The average molecular weight is 637 g/mol. The molecule has 0 spiro atoms. The third kappa shape index (κ3) is 7.27. The summed E-state index contributed by atoms with van der Waals surface area (Å²) in [6.45, 7) is 3.62. The lowest BCUT2D eigenvalue weighted by Crippen LogP contribution is -2.37. The Bertz CT molecular complexity index is 94.1. The zero-order valence-corrected chi connectivity index (χ0v) is 17.2. The van der Waals surface area contributed by atoms with Gasteiger partial charge in [-0.05, 0) is 13.0 Å². The number of rotatable bonds is 5. The van der Waals surface area contributed by atoms with E-state index in [2.05, 4.69) is 98.3 Å². The van der Waals surface area contributed by atoms with Crippen molar-refractivity contribution >= 4 is 95.1 Å². The maximum Gasteiger partial charge on any atom is 0.242 e. The van der Waals surface area contributed by atoms with Crippen molar-refractivity contribution in [3.05, 3.63) is 0 Å². The maximum absolute atomic E-state index is 2.77. The normalized spacial score (nSPS) is 12.0. The van der Waals surface area contributed by atoms with Gasteiger partial charge in [-0.15, -0.1) is 0 Å². The molecule has 0 heterocycles. The molecule has 0 aliphatic carbocycles. The standard InChI is InChI=1S/C4H11I4NSi2/c1-2-3-4-9(10(5)6)11(7)8/h10-11H,2-4H2,1H3. The molecule has 0 saturated carbocycles. The Hall–Kier alpha value is 3.31. The van der Waals surface area contributed by atoms with Gasteiger partial charge in [0.1, 0.15) is 0 Å². The van der Waals surface area contributed by atoms with Crippen LogP contribution in [-0.2, 0) is 0 Å². The zero-order chi connectivity index (χ0) is 8.85. The molecule has 0 N–H and O–H groups in total. The molecule has 0 unspecified atom stereocenters. The van der Waals surface area contributed by atoms with E-state index in [4.69, 9.17) is 0 Å².